The second kappa shape index (κ2) is 18.1. The number of fused-ring (bicyclic) bond motifs is 2. The van der Waals surface area contributed by atoms with Crippen LogP contribution < -0.4 is 0 Å². The Bertz CT molecular complexity index is 1110. The van der Waals surface area contributed by atoms with E-state index >= 15 is 0 Å². The fourth-order valence-electron chi connectivity index (χ4n) is 4.41. The van der Waals surface area contributed by atoms with Gasteiger partial charge in [0.25, 0.3) is 0 Å². The minimum absolute atomic E-state index is 0. The normalized spacial score (nSPS) is 10.6. The molecule has 0 fully saturated rings. The van der Waals surface area contributed by atoms with Crippen molar-refractivity contribution in [3.05, 3.63) is 98.3 Å². The maximum atomic E-state index is 5.76. The summed E-state index contributed by atoms with van der Waals surface area (Å²) in [6.45, 7) is 17.0. The third kappa shape index (κ3) is 12.0. The molecule has 2 radical (unpaired) electrons. The van der Waals surface area contributed by atoms with Crippen LogP contribution in [0, 0.1) is 21.8 Å². The quantitative estimate of drug-likeness (QED) is 0.113. The first-order valence-electron chi connectivity index (χ1n) is 12.9. The van der Waals surface area contributed by atoms with Crippen molar-refractivity contribution >= 4 is 28.4 Å². The van der Waals surface area contributed by atoms with Crippen molar-refractivity contribution in [3.63, 3.8) is 0 Å². The molecule has 0 bridgehead atoms. The van der Waals surface area contributed by atoms with Gasteiger partial charge >= 0.3 is 30.2 Å². The van der Waals surface area contributed by atoms with Crippen LogP contribution in [-0.2, 0) is 34.5 Å². The molecule has 4 aromatic carbocycles. The van der Waals surface area contributed by atoms with Crippen molar-refractivity contribution in [2.24, 2.45) is 0 Å². The van der Waals surface area contributed by atoms with Gasteiger partial charge in [0.05, 0.1) is 5.60 Å². The zero-order chi connectivity index (χ0) is 25.8. The predicted octanol–water partition coefficient (Wildman–Crippen LogP) is 9.98. The van der Waals surface area contributed by atoms with Gasteiger partial charge < -0.3 is 19.6 Å². The fourth-order valence-corrected chi connectivity index (χ4v) is 4.41. The second-order valence-electron chi connectivity index (χ2n) is 10.6. The molecule has 0 aliphatic heterocycles. The van der Waals surface area contributed by atoms with Crippen LogP contribution in [0.5, 0.6) is 0 Å². The van der Waals surface area contributed by atoms with Gasteiger partial charge in [-0.15, -0.1) is 81.2 Å². The molecule has 0 heterocycles. The van der Waals surface area contributed by atoms with E-state index in [4.69, 9.17) is 4.74 Å². The third-order valence-corrected chi connectivity index (χ3v) is 6.30. The zero-order valence-corrected chi connectivity index (χ0v) is 28.0. The monoisotopic (exact) mass is 590 g/mol. The summed E-state index contributed by atoms with van der Waals surface area (Å²) in [4.78, 5) is 0. The van der Waals surface area contributed by atoms with E-state index in [0.717, 1.165) is 6.61 Å². The summed E-state index contributed by atoms with van der Waals surface area (Å²) in [5.41, 5.74) is 4.45. The molecule has 0 saturated heterocycles. The number of hydrogen-bond donors (Lipinski definition) is 0. The first kappa shape index (κ1) is 35.7. The van der Waals surface area contributed by atoms with E-state index in [1.54, 1.807) is 5.56 Å². The molecule has 0 amide bonds. The summed E-state index contributed by atoms with van der Waals surface area (Å²) >= 11 is 1.36. The van der Waals surface area contributed by atoms with Crippen LogP contribution in [0.25, 0.3) is 21.5 Å². The summed E-state index contributed by atoms with van der Waals surface area (Å²) in [7, 11) is 0. The van der Waals surface area contributed by atoms with Gasteiger partial charge in [-0.1, -0.05) is 58.6 Å². The third-order valence-electron chi connectivity index (χ3n) is 6.30. The van der Waals surface area contributed by atoms with Crippen molar-refractivity contribution in [1.82, 2.24) is 0 Å². The number of aryl methyl sites for hydroxylation is 2. The number of hydrogen-bond acceptors (Lipinski definition) is 1. The van der Waals surface area contributed by atoms with E-state index in [1.807, 2.05) is 0 Å². The van der Waals surface area contributed by atoms with Crippen molar-refractivity contribution in [2.45, 2.75) is 85.2 Å². The van der Waals surface area contributed by atoms with Crippen LogP contribution in [-0.4, -0.2) is 19.1 Å². The first-order valence-corrected chi connectivity index (χ1v) is 17.1. The molecule has 37 heavy (non-hydrogen) atoms. The fraction of sp³-hybridized carbons (Fsp3) is 0.412. The van der Waals surface area contributed by atoms with E-state index in [2.05, 4.69) is 115 Å². The summed E-state index contributed by atoms with van der Waals surface area (Å²) < 4.78 is 5.76. The van der Waals surface area contributed by atoms with Crippen molar-refractivity contribution < 1.29 is 28.1 Å². The molecule has 0 aliphatic carbocycles. The van der Waals surface area contributed by atoms with Gasteiger partial charge in [0.1, 0.15) is 0 Å². The minimum atomic E-state index is 0. The standard InChI is InChI=1S/C20H29O.C12H13.2CH3.Si.Zr/c1-16-15-17-11-8-9-13-19(17)18(16)12-7-5-6-10-14-21-20(2,3)4;1-9(2)12-7-10-5-3-4-6-11(10)8-12;;;;/h8-9,11,13,15H,5-7,10,12,14H2,1-4H3;3-9H,1-2H3;2*1H3;;/q4*-1;;. The van der Waals surface area contributed by atoms with E-state index in [-0.39, 0.29) is 20.5 Å². The van der Waals surface area contributed by atoms with Gasteiger partial charge in [0.2, 0.25) is 0 Å². The summed E-state index contributed by atoms with van der Waals surface area (Å²) in [5, 5.41) is 5.57. The molecular formula is C34H48OSiZr-4. The second-order valence-corrected chi connectivity index (χ2v) is 10.6. The van der Waals surface area contributed by atoms with E-state index < -0.39 is 0 Å². The molecule has 0 saturated carbocycles. The molecule has 0 aliphatic rings. The van der Waals surface area contributed by atoms with Gasteiger partial charge in [0, 0.05) is 6.61 Å². The average molecular weight is 592 g/mol. The van der Waals surface area contributed by atoms with Gasteiger partial charge in [-0.25, -0.2) is 0 Å². The van der Waals surface area contributed by atoms with Crippen LogP contribution in [0.3, 0.4) is 0 Å². The predicted molar refractivity (Wildman–Crippen MR) is 164 cm³/mol. The SMILES string of the molecule is CC(C)c1cc2ccccc2[cH-]1.Cc1[cH-]c2ccccc2c1CCCCCCOC(C)(C)C.[CH3-].[CH3-].[Si]=[Zr]. The molecule has 0 unspecified atom stereocenters. The Hall–Kier alpha value is -1.28. The average Bonchev–Trinajstić information content (AvgIpc) is 3.40. The molecule has 202 valence electrons. The van der Waals surface area contributed by atoms with Gasteiger partial charge in [-0.3, -0.25) is 0 Å². The molecule has 1 nitrogen and oxygen atoms in total. The van der Waals surface area contributed by atoms with Crippen molar-refractivity contribution in [1.29, 1.82) is 0 Å². The van der Waals surface area contributed by atoms with Gasteiger partial charge in [-0.05, 0) is 33.1 Å². The maximum absolute atomic E-state index is 5.76. The van der Waals surface area contributed by atoms with E-state index in [0.29, 0.717) is 5.92 Å². The Kier molecular flexibility index (Phi) is 17.5. The Morgan fingerprint density at radius 1 is 0.838 bits per heavy atom. The number of ether oxygens (including phenoxy) is 1. The van der Waals surface area contributed by atoms with Crippen molar-refractivity contribution in [2.75, 3.05) is 6.61 Å². The summed E-state index contributed by atoms with van der Waals surface area (Å²) in [6.07, 6.45) is 6.24. The topological polar surface area (TPSA) is 9.23 Å². The summed E-state index contributed by atoms with van der Waals surface area (Å²) in [5.74, 6) is 0.636. The molecule has 0 N–H and O–H groups in total. The Balaban J connectivity index is 0.000000692. The van der Waals surface area contributed by atoms with Crippen molar-refractivity contribution in [3.8, 4) is 0 Å². The van der Waals surface area contributed by atoms with Crippen LogP contribution in [0.15, 0.2) is 66.7 Å². The number of rotatable bonds is 8. The molecule has 3 heteroatoms. The molecule has 0 spiro atoms. The first-order chi connectivity index (χ1) is 16.7. The van der Waals surface area contributed by atoms with Crippen LogP contribution in [0.2, 0.25) is 0 Å². The molecule has 4 aromatic rings. The van der Waals surface area contributed by atoms with E-state index in [9.17, 15) is 0 Å². The Labute approximate surface area is 245 Å². The molecule has 0 atom stereocenters. The zero-order valence-electron chi connectivity index (χ0n) is 24.6. The van der Waals surface area contributed by atoms with Crippen LogP contribution in [0.1, 0.15) is 82.9 Å². The molecule has 4 rings (SSSR count). The number of unbranched alkanes of at least 4 members (excludes halogenated alkanes) is 3. The Morgan fingerprint density at radius 3 is 2.05 bits per heavy atom. The van der Waals surface area contributed by atoms with Gasteiger partial charge in [0.15, 0.2) is 0 Å². The number of benzene rings is 2. The van der Waals surface area contributed by atoms with Crippen LogP contribution in [0.4, 0.5) is 0 Å². The van der Waals surface area contributed by atoms with Crippen LogP contribution >= 0.6 is 0 Å². The molecule has 0 aromatic heterocycles. The van der Waals surface area contributed by atoms with Gasteiger partial charge in [-0.2, -0.15) is 11.6 Å². The summed E-state index contributed by atoms with van der Waals surface area (Å²) in [6, 6.07) is 24.1. The Morgan fingerprint density at radius 2 is 1.43 bits per heavy atom. The molecular weight excluding hydrogens is 544 g/mol. The van der Waals surface area contributed by atoms with E-state index in [1.165, 1.54) is 88.1 Å².